The van der Waals surface area contributed by atoms with Crippen molar-refractivity contribution >= 4 is 40.8 Å². The van der Waals surface area contributed by atoms with Gasteiger partial charge in [0.25, 0.3) is 5.91 Å². The number of likely N-dealkylation sites (N-methyl/N-ethyl adjacent to an activating group) is 1. The van der Waals surface area contributed by atoms with Crippen molar-refractivity contribution in [3.05, 3.63) is 39.5 Å². The van der Waals surface area contributed by atoms with Crippen molar-refractivity contribution in [2.45, 2.75) is 51.2 Å². The van der Waals surface area contributed by atoms with Gasteiger partial charge in [-0.3, -0.25) is 19.2 Å². The zero-order valence-electron chi connectivity index (χ0n) is 21.5. The van der Waals surface area contributed by atoms with Crippen LogP contribution in [0.3, 0.4) is 0 Å². The maximum atomic E-state index is 13.2. The first-order valence-corrected chi connectivity index (χ1v) is 13.2. The monoisotopic (exact) mass is 527 g/mol. The molecule has 0 unspecified atom stereocenters. The van der Waals surface area contributed by atoms with Gasteiger partial charge in [-0.1, -0.05) is 6.07 Å². The van der Waals surface area contributed by atoms with Crippen LogP contribution in [0.15, 0.2) is 18.3 Å². The lowest BCUT2D eigenvalue weighted by Gasteiger charge is -2.37. The number of rotatable bonds is 5. The van der Waals surface area contributed by atoms with E-state index in [-0.39, 0.29) is 23.6 Å². The number of aromatic nitrogens is 2. The van der Waals surface area contributed by atoms with Crippen molar-refractivity contribution in [2.75, 3.05) is 33.0 Å². The SMILES string of the molecule is Cc1ccc(NC(=O)C(=O)N[C@H]2CC[C@@H](C(=O)N(C)C)C[C@H]2NC(=O)c2nc3c(s2)CN(C)CC3)nc1. The second-order valence-corrected chi connectivity index (χ2v) is 11.0. The van der Waals surface area contributed by atoms with Gasteiger partial charge in [-0.05, 0) is 44.9 Å². The highest BCUT2D eigenvalue weighted by Gasteiger charge is 2.37. The molecule has 4 amide bonds. The van der Waals surface area contributed by atoms with E-state index in [2.05, 4.69) is 30.8 Å². The minimum absolute atomic E-state index is 0.0278. The van der Waals surface area contributed by atoms with Gasteiger partial charge in [0.05, 0.1) is 11.7 Å². The van der Waals surface area contributed by atoms with E-state index in [1.165, 1.54) is 16.2 Å². The third kappa shape index (κ3) is 6.50. The molecule has 2 aliphatic rings. The molecule has 3 N–H and O–H groups in total. The Morgan fingerprint density at radius 2 is 1.86 bits per heavy atom. The van der Waals surface area contributed by atoms with Crippen LogP contribution in [0.1, 0.15) is 45.2 Å². The Kier molecular flexibility index (Phi) is 8.18. The highest BCUT2D eigenvalue weighted by molar-refractivity contribution is 7.13. The second kappa shape index (κ2) is 11.3. The van der Waals surface area contributed by atoms with Crippen molar-refractivity contribution in [1.82, 2.24) is 30.4 Å². The normalized spacial score (nSPS) is 21.5. The van der Waals surface area contributed by atoms with E-state index in [1.54, 1.807) is 32.4 Å². The van der Waals surface area contributed by atoms with Crippen LogP contribution in [0.5, 0.6) is 0 Å². The first-order chi connectivity index (χ1) is 17.6. The lowest BCUT2D eigenvalue weighted by Crippen LogP contribution is -2.57. The summed E-state index contributed by atoms with van der Waals surface area (Å²) < 4.78 is 0. The van der Waals surface area contributed by atoms with Gasteiger partial charge >= 0.3 is 11.8 Å². The molecule has 3 atom stereocenters. The highest BCUT2D eigenvalue weighted by atomic mass is 32.1. The number of hydrogen-bond acceptors (Lipinski definition) is 8. The van der Waals surface area contributed by atoms with Gasteiger partial charge in [0.1, 0.15) is 5.82 Å². The highest BCUT2D eigenvalue weighted by Crippen LogP contribution is 2.28. The number of carbonyl (C=O) groups excluding carboxylic acids is 4. The lowest BCUT2D eigenvalue weighted by atomic mass is 9.81. The molecule has 198 valence electrons. The summed E-state index contributed by atoms with van der Waals surface area (Å²) in [5, 5.41) is 8.61. The van der Waals surface area contributed by atoms with Gasteiger partial charge < -0.3 is 25.8 Å². The van der Waals surface area contributed by atoms with Crippen molar-refractivity contribution in [1.29, 1.82) is 0 Å². The summed E-state index contributed by atoms with van der Waals surface area (Å²) in [5.41, 5.74) is 1.88. The average Bonchev–Trinajstić information content (AvgIpc) is 3.29. The Hall–Kier alpha value is -3.38. The fraction of sp³-hybridized carbons (Fsp3) is 0.520. The topological polar surface area (TPSA) is 137 Å². The van der Waals surface area contributed by atoms with Crippen molar-refractivity contribution < 1.29 is 19.2 Å². The lowest BCUT2D eigenvalue weighted by molar-refractivity contribution is -0.137. The summed E-state index contributed by atoms with van der Waals surface area (Å²) in [4.78, 5) is 64.5. The molecule has 3 heterocycles. The van der Waals surface area contributed by atoms with Crippen LogP contribution in [0.4, 0.5) is 5.82 Å². The molecule has 2 aromatic rings. The molecule has 1 aliphatic heterocycles. The predicted octanol–water partition coefficient (Wildman–Crippen LogP) is 0.945. The van der Waals surface area contributed by atoms with E-state index in [0.717, 1.165) is 35.6 Å². The second-order valence-electron chi connectivity index (χ2n) is 9.95. The molecule has 37 heavy (non-hydrogen) atoms. The molecule has 1 saturated carbocycles. The molecule has 0 aromatic carbocycles. The first-order valence-electron chi connectivity index (χ1n) is 12.3. The third-order valence-corrected chi connectivity index (χ3v) is 7.83. The van der Waals surface area contributed by atoms with Crippen LogP contribution < -0.4 is 16.0 Å². The summed E-state index contributed by atoms with van der Waals surface area (Å²) in [6.45, 7) is 3.52. The van der Waals surface area contributed by atoms with Crippen molar-refractivity contribution in [3.63, 3.8) is 0 Å². The molecular formula is C25H33N7O4S. The van der Waals surface area contributed by atoms with Gasteiger partial charge in [-0.25, -0.2) is 9.97 Å². The number of hydrogen-bond donors (Lipinski definition) is 3. The standard InChI is InChI=1S/C25H33N7O4S/c1-14-5-8-20(26-12-14)30-22(34)21(33)27-16-7-6-15(25(36)31(2)3)11-18(16)28-23(35)24-29-17-9-10-32(4)13-19(17)37-24/h5,8,12,15-16,18H,6-7,9-11,13H2,1-4H3,(H,27,33)(H,28,35)(H,26,30,34)/t15-,16+,18-/m1/s1. The number of anilines is 1. The number of thiazole rings is 1. The molecule has 4 rings (SSSR count). The van der Waals surface area contributed by atoms with Gasteiger partial charge in [-0.2, -0.15) is 0 Å². The quantitative estimate of drug-likeness (QED) is 0.493. The van der Waals surface area contributed by atoms with Gasteiger partial charge in [0.2, 0.25) is 5.91 Å². The number of fused-ring (bicyclic) bond motifs is 1. The zero-order chi connectivity index (χ0) is 26.7. The van der Waals surface area contributed by atoms with Crippen LogP contribution in [0.25, 0.3) is 0 Å². The van der Waals surface area contributed by atoms with Crippen molar-refractivity contribution in [2.24, 2.45) is 5.92 Å². The number of aryl methyl sites for hydroxylation is 1. The molecule has 0 bridgehead atoms. The Morgan fingerprint density at radius 3 is 2.57 bits per heavy atom. The molecule has 1 fully saturated rings. The van der Waals surface area contributed by atoms with Crippen LogP contribution in [0, 0.1) is 12.8 Å². The summed E-state index contributed by atoms with van der Waals surface area (Å²) >= 11 is 1.37. The Balaban J connectivity index is 1.45. The van der Waals surface area contributed by atoms with Gasteiger partial charge in [0, 0.05) is 56.6 Å². The number of pyridine rings is 1. The van der Waals surface area contributed by atoms with E-state index < -0.39 is 23.9 Å². The van der Waals surface area contributed by atoms with Crippen LogP contribution in [0.2, 0.25) is 0 Å². The summed E-state index contributed by atoms with van der Waals surface area (Å²) in [7, 11) is 5.43. The predicted molar refractivity (Wildman–Crippen MR) is 139 cm³/mol. The van der Waals surface area contributed by atoms with E-state index in [0.29, 0.717) is 24.3 Å². The van der Waals surface area contributed by atoms with E-state index in [9.17, 15) is 19.2 Å². The molecule has 0 saturated heterocycles. The number of amides is 4. The third-order valence-electron chi connectivity index (χ3n) is 6.75. The fourth-order valence-corrected chi connectivity index (χ4v) is 5.78. The smallest absolute Gasteiger partial charge is 0.314 e. The number of carbonyl (C=O) groups is 4. The van der Waals surface area contributed by atoms with Crippen LogP contribution >= 0.6 is 11.3 Å². The van der Waals surface area contributed by atoms with E-state index >= 15 is 0 Å². The van der Waals surface area contributed by atoms with Gasteiger partial charge in [-0.15, -0.1) is 11.3 Å². The largest absolute Gasteiger partial charge is 0.349 e. The number of nitrogens with zero attached hydrogens (tertiary/aromatic N) is 4. The van der Waals surface area contributed by atoms with E-state index in [1.807, 2.05) is 14.0 Å². The Bertz CT molecular complexity index is 1180. The molecule has 0 spiro atoms. The first kappa shape index (κ1) is 26.7. The van der Waals surface area contributed by atoms with Crippen LogP contribution in [-0.4, -0.2) is 83.2 Å². The molecule has 12 heteroatoms. The maximum absolute atomic E-state index is 13.2. The average molecular weight is 528 g/mol. The van der Waals surface area contributed by atoms with Crippen molar-refractivity contribution in [3.8, 4) is 0 Å². The summed E-state index contributed by atoms with van der Waals surface area (Å²) in [6.07, 6.45) is 3.71. The van der Waals surface area contributed by atoms with E-state index in [4.69, 9.17) is 0 Å². The minimum Gasteiger partial charge on any atom is -0.349 e. The molecule has 2 aromatic heterocycles. The fourth-order valence-electron chi connectivity index (χ4n) is 4.69. The molecular weight excluding hydrogens is 494 g/mol. The maximum Gasteiger partial charge on any atom is 0.314 e. The Morgan fingerprint density at radius 1 is 1.08 bits per heavy atom. The summed E-state index contributed by atoms with van der Waals surface area (Å²) in [6, 6.07) is 2.35. The summed E-state index contributed by atoms with van der Waals surface area (Å²) in [5.74, 6) is -2.05. The van der Waals surface area contributed by atoms with Crippen LogP contribution in [-0.2, 0) is 27.3 Å². The van der Waals surface area contributed by atoms with Gasteiger partial charge in [0.15, 0.2) is 5.01 Å². The molecule has 0 radical (unpaired) electrons. The molecule has 11 nitrogen and oxygen atoms in total. The zero-order valence-corrected chi connectivity index (χ0v) is 22.4. The Labute approximate surface area is 220 Å². The number of nitrogens with one attached hydrogen (secondary N) is 3. The minimum atomic E-state index is -0.843. The molecule has 1 aliphatic carbocycles.